The lowest BCUT2D eigenvalue weighted by atomic mass is 9.74. The molecule has 6 aromatic rings. The van der Waals surface area contributed by atoms with Crippen molar-refractivity contribution >= 4 is 33.1 Å². The summed E-state index contributed by atoms with van der Waals surface area (Å²) in [6.45, 7) is 9.69. The summed E-state index contributed by atoms with van der Waals surface area (Å²) in [5.74, 6) is 0. The van der Waals surface area contributed by atoms with Gasteiger partial charge < -0.3 is 9.47 Å². The predicted molar refractivity (Wildman–Crippen MR) is 223 cm³/mol. The number of hydrogen-bond donors (Lipinski definition) is 0. The van der Waals surface area contributed by atoms with E-state index in [0.717, 1.165) is 19.3 Å². The molecule has 5 aromatic carbocycles. The van der Waals surface area contributed by atoms with Crippen LogP contribution in [-0.2, 0) is 17.3 Å². The van der Waals surface area contributed by atoms with Crippen LogP contribution in [0.3, 0.4) is 0 Å². The highest BCUT2D eigenvalue weighted by atomic mass is 15.1. The Morgan fingerprint density at radius 1 is 0.654 bits per heavy atom. The number of nitrogens with zero attached hydrogens (tertiary/aromatic N) is 2. The van der Waals surface area contributed by atoms with Gasteiger partial charge in [0.1, 0.15) is 0 Å². The van der Waals surface area contributed by atoms with Crippen molar-refractivity contribution in [3.63, 3.8) is 0 Å². The zero-order valence-corrected chi connectivity index (χ0v) is 30.9. The van der Waals surface area contributed by atoms with Gasteiger partial charge in [-0.15, -0.1) is 0 Å². The fourth-order valence-corrected chi connectivity index (χ4v) is 9.03. The topological polar surface area (TPSA) is 8.17 Å². The fraction of sp³-hybridized carbons (Fsp3) is 0.200. The van der Waals surface area contributed by atoms with Crippen LogP contribution in [0.25, 0.3) is 44.2 Å². The summed E-state index contributed by atoms with van der Waals surface area (Å²) < 4.78 is 2.40. The van der Waals surface area contributed by atoms with Crippen LogP contribution >= 0.6 is 0 Å². The highest BCUT2D eigenvalue weighted by Crippen LogP contribution is 2.53. The Balaban J connectivity index is 1.10. The minimum atomic E-state index is -0.0994. The first-order chi connectivity index (χ1) is 25.2. The van der Waals surface area contributed by atoms with E-state index in [-0.39, 0.29) is 10.8 Å². The minimum Gasteiger partial charge on any atom is -0.345 e. The first-order valence-corrected chi connectivity index (χ1v) is 18.8. The van der Waals surface area contributed by atoms with Crippen LogP contribution in [0.15, 0.2) is 157 Å². The molecule has 3 aliphatic carbocycles. The summed E-state index contributed by atoms with van der Waals surface area (Å²) in [6, 6.07) is 38.4. The smallest absolute Gasteiger partial charge is 0.0561 e. The highest BCUT2D eigenvalue weighted by Gasteiger charge is 2.39. The van der Waals surface area contributed by atoms with Gasteiger partial charge in [-0.1, -0.05) is 137 Å². The molecule has 2 heteroatoms. The van der Waals surface area contributed by atoms with Crippen molar-refractivity contribution < 1.29 is 0 Å². The maximum Gasteiger partial charge on any atom is 0.0561 e. The van der Waals surface area contributed by atoms with E-state index in [0.29, 0.717) is 0 Å². The molecule has 0 unspecified atom stereocenters. The summed E-state index contributed by atoms with van der Waals surface area (Å²) in [4.78, 5) is 2.36. The third kappa shape index (κ3) is 5.15. The van der Waals surface area contributed by atoms with Gasteiger partial charge in [0.2, 0.25) is 0 Å². The van der Waals surface area contributed by atoms with Gasteiger partial charge in [0.15, 0.2) is 0 Å². The average Bonchev–Trinajstić information content (AvgIpc) is 3.44. The molecule has 0 radical (unpaired) electrons. The van der Waals surface area contributed by atoms with E-state index in [1.807, 2.05) is 0 Å². The fourth-order valence-electron chi connectivity index (χ4n) is 9.03. The van der Waals surface area contributed by atoms with Crippen molar-refractivity contribution in [1.29, 1.82) is 0 Å². The van der Waals surface area contributed by atoms with Crippen molar-refractivity contribution in [2.24, 2.45) is 0 Å². The lowest BCUT2D eigenvalue weighted by Gasteiger charge is -2.30. The second-order valence-corrected chi connectivity index (χ2v) is 15.9. The summed E-state index contributed by atoms with van der Waals surface area (Å²) >= 11 is 0. The number of likely N-dealkylation sites (N-methyl/N-ethyl adjacent to an activating group) is 1. The number of aromatic nitrogens is 1. The molecule has 1 aromatic heterocycles. The lowest BCUT2D eigenvalue weighted by Crippen LogP contribution is -2.21. The highest BCUT2D eigenvalue weighted by molar-refractivity contribution is 6.10. The number of hydrogen-bond acceptors (Lipinski definition) is 1. The number of para-hydroxylation sites is 2. The van der Waals surface area contributed by atoms with Gasteiger partial charge in [-0.3, -0.25) is 0 Å². The standard InChI is InChI=1S/C50H46N2/c1-49(2)30-29-36(51(5)38-27-28-41-40-23-13-14-26-46(40)52(47(41)32-38)37-20-11-8-12-21-37)22-15-19-35-31-45-43(33-44(35)49)42-25-16-24-39(48(42)50(45,3)4)34-17-9-6-7-10-18-34/h6,8-18,20-29,31-33H,7,19,30H2,1-5H3. The molecule has 0 bridgehead atoms. The normalized spacial score (nSPS) is 17.0. The van der Waals surface area contributed by atoms with E-state index in [1.165, 1.54) is 83.4 Å². The van der Waals surface area contributed by atoms with Gasteiger partial charge in [-0.25, -0.2) is 0 Å². The van der Waals surface area contributed by atoms with Gasteiger partial charge in [0.05, 0.1) is 11.0 Å². The maximum atomic E-state index is 2.55. The summed E-state index contributed by atoms with van der Waals surface area (Å²) in [6.07, 6.45) is 21.3. The minimum absolute atomic E-state index is 0.0476. The monoisotopic (exact) mass is 674 g/mol. The molecule has 0 saturated carbocycles. The molecule has 0 fully saturated rings. The molecule has 9 rings (SSSR count). The molecule has 0 saturated heterocycles. The van der Waals surface area contributed by atoms with E-state index in [9.17, 15) is 0 Å². The van der Waals surface area contributed by atoms with Crippen LogP contribution in [0.5, 0.6) is 0 Å². The molecule has 0 amide bonds. The van der Waals surface area contributed by atoms with Gasteiger partial charge in [-0.05, 0) is 112 Å². The quantitative estimate of drug-likeness (QED) is 0.181. The predicted octanol–water partition coefficient (Wildman–Crippen LogP) is 12.8. The largest absolute Gasteiger partial charge is 0.345 e. The van der Waals surface area contributed by atoms with Gasteiger partial charge in [0, 0.05) is 40.3 Å². The molecule has 0 atom stereocenters. The molecule has 256 valence electrons. The van der Waals surface area contributed by atoms with E-state index in [4.69, 9.17) is 0 Å². The molecule has 1 heterocycles. The lowest BCUT2D eigenvalue weighted by molar-refractivity contribution is 0.528. The third-order valence-corrected chi connectivity index (χ3v) is 11.8. The van der Waals surface area contributed by atoms with Gasteiger partial charge in [0.25, 0.3) is 0 Å². The molecule has 0 aliphatic heterocycles. The summed E-state index contributed by atoms with van der Waals surface area (Å²) in [7, 11) is 2.21. The first kappa shape index (κ1) is 32.3. The van der Waals surface area contributed by atoms with Crippen molar-refractivity contribution in [1.82, 2.24) is 4.57 Å². The number of allylic oxidation sites excluding steroid dienone is 9. The second kappa shape index (κ2) is 12.3. The van der Waals surface area contributed by atoms with Crippen LogP contribution in [0.4, 0.5) is 5.69 Å². The SMILES string of the molecule is CN(C1=CCC(C)(C)c2cc3c(cc2CC=C1)C(C)(C)c1c(C2=CC=CCC=C2)cccc1-3)c1ccc2c3ccccc3n(-c3ccccc3)c2c1. The van der Waals surface area contributed by atoms with E-state index >= 15 is 0 Å². The number of fused-ring (bicyclic) bond motifs is 7. The zero-order valence-electron chi connectivity index (χ0n) is 30.9. The Labute approximate surface area is 308 Å². The Morgan fingerprint density at radius 2 is 1.44 bits per heavy atom. The van der Waals surface area contributed by atoms with E-state index in [1.54, 1.807) is 0 Å². The first-order valence-electron chi connectivity index (χ1n) is 18.8. The molecule has 3 aliphatic rings. The Bertz CT molecular complexity index is 2540. The maximum absolute atomic E-state index is 2.55. The Hall–Kier alpha value is -5.60. The molecule has 52 heavy (non-hydrogen) atoms. The number of benzene rings is 5. The van der Waals surface area contributed by atoms with Crippen molar-refractivity contribution in [2.45, 2.75) is 57.8 Å². The van der Waals surface area contributed by atoms with Crippen LogP contribution < -0.4 is 4.90 Å². The average molecular weight is 675 g/mol. The number of rotatable bonds is 4. The van der Waals surface area contributed by atoms with Crippen LogP contribution in [0, 0.1) is 0 Å². The molecule has 2 nitrogen and oxygen atoms in total. The van der Waals surface area contributed by atoms with Crippen LogP contribution in [-0.4, -0.2) is 11.6 Å². The molecule has 0 N–H and O–H groups in total. The van der Waals surface area contributed by atoms with Crippen LogP contribution in [0.2, 0.25) is 0 Å². The Morgan fingerprint density at radius 3 is 2.31 bits per heavy atom. The van der Waals surface area contributed by atoms with Crippen LogP contribution in [0.1, 0.15) is 68.4 Å². The van der Waals surface area contributed by atoms with Crippen molar-refractivity contribution in [3.8, 4) is 16.8 Å². The van der Waals surface area contributed by atoms with Gasteiger partial charge in [-0.2, -0.15) is 0 Å². The second-order valence-electron chi connectivity index (χ2n) is 15.9. The molecular formula is C50H46N2. The summed E-state index contributed by atoms with van der Waals surface area (Å²) in [5.41, 5.74) is 17.1. The Kier molecular flexibility index (Phi) is 7.63. The van der Waals surface area contributed by atoms with Gasteiger partial charge >= 0.3 is 0 Å². The third-order valence-electron chi connectivity index (χ3n) is 11.8. The zero-order chi connectivity index (χ0) is 35.6. The number of anilines is 1. The summed E-state index contributed by atoms with van der Waals surface area (Å²) in [5, 5.41) is 2.55. The molecular weight excluding hydrogens is 629 g/mol. The molecule has 0 spiro atoms. The van der Waals surface area contributed by atoms with Crippen molar-refractivity contribution in [2.75, 3.05) is 11.9 Å². The van der Waals surface area contributed by atoms with E-state index < -0.39 is 0 Å². The van der Waals surface area contributed by atoms with E-state index in [2.05, 4.69) is 196 Å². The van der Waals surface area contributed by atoms with Crippen molar-refractivity contribution in [3.05, 3.63) is 185 Å².